The van der Waals surface area contributed by atoms with E-state index in [-0.39, 0.29) is 5.92 Å². The molecule has 0 radical (unpaired) electrons. The SMILES string of the molecule is C=C[C@@H]1CC=CC[C@@H]1C=O. The van der Waals surface area contributed by atoms with Crippen LogP contribution in [0.25, 0.3) is 0 Å². The molecule has 0 N–H and O–H groups in total. The van der Waals surface area contributed by atoms with Crippen molar-refractivity contribution in [3.8, 4) is 0 Å². The smallest absolute Gasteiger partial charge is 0.123 e. The van der Waals surface area contributed by atoms with E-state index in [0.29, 0.717) is 5.92 Å². The van der Waals surface area contributed by atoms with Crippen LogP contribution in [0.4, 0.5) is 0 Å². The lowest BCUT2D eigenvalue weighted by molar-refractivity contribution is -0.112. The molecule has 0 heterocycles. The van der Waals surface area contributed by atoms with Gasteiger partial charge >= 0.3 is 0 Å². The largest absolute Gasteiger partial charge is 0.303 e. The van der Waals surface area contributed by atoms with Crippen LogP contribution in [0.1, 0.15) is 12.8 Å². The summed E-state index contributed by atoms with van der Waals surface area (Å²) in [5.41, 5.74) is 0. The third-order valence-electron chi connectivity index (χ3n) is 2.01. The molecule has 0 aromatic carbocycles. The quantitative estimate of drug-likeness (QED) is 0.419. The highest BCUT2D eigenvalue weighted by atomic mass is 16.1. The van der Waals surface area contributed by atoms with Crippen molar-refractivity contribution < 1.29 is 4.79 Å². The molecule has 0 aliphatic heterocycles. The predicted molar refractivity (Wildman–Crippen MR) is 41.6 cm³/mol. The lowest BCUT2D eigenvalue weighted by atomic mass is 9.84. The van der Waals surface area contributed by atoms with Gasteiger partial charge in [0.05, 0.1) is 0 Å². The van der Waals surface area contributed by atoms with Crippen LogP contribution in [0.5, 0.6) is 0 Å². The van der Waals surface area contributed by atoms with Crippen LogP contribution in [0.3, 0.4) is 0 Å². The molecule has 0 bridgehead atoms. The first-order valence-corrected chi connectivity index (χ1v) is 3.61. The average Bonchev–Trinajstić information content (AvgIpc) is 2.04. The molecule has 1 aliphatic rings. The second kappa shape index (κ2) is 3.35. The molecule has 1 heteroatoms. The fourth-order valence-corrected chi connectivity index (χ4v) is 1.28. The molecule has 0 aromatic rings. The van der Waals surface area contributed by atoms with E-state index in [1.807, 2.05) is 6.08 Å². The van der Waals surface area contributed by atoms with Crippen molar-refractivity contribution >= 4 is 6.29 Å². The Kier molecular flexibility index (Phi) is 2.43. The van der Waals surface area contributed by atoms with Crippen LogP contribution in [-0.4, -0.2) is 6.29 Å². The molecule has 10 heavy (non-hydrogen) atoms. The summed E-state index contributed by atoms with van der Waals surface area (Å²) >= 11 is 0. The summed E-state index contributed by atoms with van der Waals surface area (Å²) in [6.07, 6.45) is 8.97. The maximum absolute atomic E-state index is 10.4. The van der Waals surface area contributed by atoms with Crippen LogP contribution >= 0.6 is 0 Å². The molecule has 2 atom stereocenters. The first-order valence-electron chi connectivity index (χ1n) is 3.61. The van der Waals surface area contributed by atoms with Crippen LogP contribution in [0.15, 0.2) is 24.8 Å². The Morgan fingerprint density at radius 1 is 1.30 bits per heavy atom. The van der Waals surface area contributed by atoms with Crippen molar-refractivity contribution in [2.75, 3.05) is 0 Å². The van der Waals surface area contributed by atoms with Gasteiger partial charge in [0, 0.05) is 5.92 Å². The molecule has 54 valence electrons. The number of allylic oxidation sites excluding steroid dienone is 3. The van der Waals surface area contributed by atoms with Gasteiger partial charge in [0.1, 0.15) is 6.29 Å². The van der Waals surface area contributed by atoms with Crippen LogP contribution < -0.4 is 0 Å². The van der Waals surface area contributed by atoms with E-state index in [2.05, 4.69) is 18.7 Å². The summed E-state index contributed by atoms with van der Waals surface area (Å²) in [5.74, 6) is 0.560. The Hall–Kier alpha value is -0.850. The monoisotopic (exact) mass is 136 g/mol. The third-order valence-corrected chi connectivity index (χ3v) is 2.01. The summed E-state index contributed by atoms with van der Waals surface area (Å²) < 4.78 is 0. The molecular formula is C9H12O. The van der Waals surface area contributed by atoms with Crippen molar-refractivity contribution in [2.45, 2.75) is 12.8 Å². The number of carbonyl (C=O) groups is 1. The van der Waals surface area contributed by atoms with Gasteiger partial charge in [-0.05, 0) is 18.8 Å². The first kappa shape index (κ1) is 7.26. The summed E-state index contributed by atoms with van der Waals surface area (Å²) in [7, 11) is 0. The van der Waals surface area contributed by atoms with Crippen LogP contribution in [0, 0.1) is 11.8 Å². The maximum atomic E-state index is 10.4. The Balaban J connectivity index is 2.61. The van der Waals surface area contributed by atoms with Gasteiger partial charge in [0.15, 0.2) is 0 Å². The third kappa shape index (κ3) is 1.35. The molecule has 0 saturated carbocycles. The maximum Gasteiger partial charge on any atom is 0.123 e. The van der Waals surface area contributed by atoms with Gasteiger partial charge in [-0.2, -0.15) is 0 Å². The Morgan fingerprint density at radius 3 is 2.30 bits per heavy atom. The average molecular weight is 136 g/mol. The molecule has 0 amide bonds. The molecule has 0 aromatic heterocycles. The minimum absolute atomic E-state index is 0.183. The van der Waals surface area contributed by atoms with E-state index in [0.717, 1.165) is 19.1 Å². The fourth-order valence-electron chi connectivity index (χ4n) is 1.28. The molecule has 1 rings (SSSR count). The molecule has 0 saturated heterocycles. The van der Waals surface area contributed by atoms with Crippen molar-refractivity contribution in [1.29, 1.82) is 0 Å². The molecule has 1 nitrogen and oxygen atoms in total. The lowest BCUT2D eigenvalue weighted by Crippen LogP contribution is -2.15. The van der Waals surface area contributed by atoms with Crippen molar-refractivity contribution in [3.63, 3.8) is 0 Å². The first-order chi connectivity index (χ1) is 4.88. The van der Waals surface area contributed by atoms with Crippen molar-refractivity contribution in [3.05, 3.63) is 24.8 Å². The van der Waals surface area contributed by atoms with Gasteiger partial charge in [-0.3, -0.25) is 0 Å². The Labute approximate surface area is 61.4 Å². The minimum Gasteiger partial charge on any atom is -0.303 e. The highest BCUT2D eigenvalue weighted by Gasteiger charge is 2.17. The fraction of sp³-hybridized carbons (Fsp3) is 0.444. The van der Waals surface area contributed by atoms with Crippen molar-refractivity contribution in [1.82, 2.24) is 0 Å². The van der Waals surface area contributed by atoms with Crippen molar-refractivity contribution in [2.24, 2.45) is 11.8 Å². The molecular weight excluding hydrogens is 124 g/mol. The zero-order valence-corrected chi connectivity index (χ0v) is 5.99. The normalized spacial score (nSPS) is 31.6. The molecule has 1 aliphatic carbocycles. The number of aldehydes is 1. The van der Waals surface area contributed by atoms with Gasteiger partial charge in [-0.25, -0.2) is 0 Å². The summed E-state index contributed by atoms with van der Waals surface area (Å²) in [5, 5.41) is 0. The lowest BCUT2D eigenvalue weighted by Gasteiger charge is -2.19. The van der Waals surface area contributed by atoms with Gasteiger partial charge in [-0.1, -0.05) is 18.2 Å². The summed E-state index contributed by atoms with van der Waals surface area (Å²) in [6, 6.07) is 0. The van der Waals surface area contributed by atoms with E-state index < -0.39 is 0 Å². The zero-order valence-electron chi connectivity index (χ0n) is 5.99. The topological polar surface area (TPSA) is 17.1 Å². The highest BCUT2D eigenvalue weighted by Crippen LogP contribution is 2.23. The Morgan fingerprint density at radius 2 is 1.90 bits per heavy atom. The van der Waals surface area contributed by atoms with Gasteiger partial charge in [-0.15, -0.1) is 6.58 Å². The molecule has 0 spiro atoms. The number of hydrogen-bond acceptors (Lipinski definition) is 1. The zero-order chi connectivity index (χ0) is 7.40. The van der Waals surface area contributed by atoms with Gasteiger partial charge < -0.3 is 4.79 Å². The van der Waals surface area contributed by atoms with E-state index in [4.69, 9.17) is 0 Å². The number of carbonyl (C=O) groups excluding carboxylic acids is 1. The summed E-state index contributed by atoms with van der Waals surface area (Å²) in [4.78, 5) is 10.4. The van der Waals surface area contributed by atoms with E-state index in [1.165, 1.54) is 0 Å². The predicted octanol–water partition coefficient (Wildman–Crippen LogP) is 1.95. The second-order valence-electron chi connectivity index (χ2n) is 2.64. The standard InChI is InChI=1S/C9H12O/c1-2-8-5-3-4-6-9(8)7-10/h2-4,7-9H,1,5-6H2/t8-,9-/m1/s1. The number of rotatable bonds is 2. The van der Waals surface area contributed by atoms with E-state index >= 15 is 0 Å². The van der Waals surface area contributed by atoms with E-state index in [9.17, 15) is 4.79 Å². The Bertz CT molecular complexity index is 140. The van der Waals surface area contributed by atoms with Crippen LogP contribution in [-0.2, 0) is 4.79 Å². The van der Waals surface area contributed by atoms with Gasteiger partial charge in [0.25, 0.3) is 0 Å². The molecule has 0 fully saturated rings. The minimum atomic E-state index is 0.183. The van der Waals surface area contributed by atoms with Gasteiger partial charge in [0.2, 0.25) is 0 Å². The summed E-state index contributed by atoms with van der Waals surface area (Å²) in [6.45, 7) is 3.69. The second-order valence-corrected chi connectivity index (χ2v) is 2.64. The van der Waals surface area contributed by atoms with E-state index in [1.54, 1.807) is 0 Å². The molecule has 0 unspecified atom stereocenters. The highest BCUT2D eigenvalue weighted by molar-refractivity contribution is 5.55. The number of hydrogen-bond donors (Lipinski definition) is 0. The van der Waals surface area contributed by atoms with Crippen LogP contribution in [0.2, 0.25) is 0 Å².